The molecule has 0 saturated carbocycles. The molecule has 88 valence electrons. The maximum atomic E-state index is 11.6. The summed E-state index contributed by atoms with van der Waals surface area (Å²) in [4.78, 5) is 11.6. The number of halogens is 1. The van der Waals surface area contributed by atoms with Crippen molar-refractivity contribution in [2.45, 2.75) is 33.3 Å². The zero-order chi connectivity index (χ0) is 12.1. The molecule has 3 heteroatoms. The minimum Gasteiger partial charge on any atom is -0.371 e. The number of rotatable bonds is 5. The van der Waals surface area contributed by atoms with Crippen LogP contribution in [0.5, 0.6) is 0 Å². The first-order valence-electron chi connectivity index (χ1n) is 5.37. The summed E-state index contributed by atoms with van der Waals surface area (Å²) in [5, 5.41) is 0.651. The van der Waals surface area contributed by atoms with Gasteiger partial charge < -0.3 is 4.74 Å². The highest BCUT2D eigenvalue weighted by molar-refractivity contribution is 6.31. The van der Waals surface area contributed by atoms with Crippen molar-refractivity contribution in [1.29, 1.82) is 0 Å². The number of hydrogen-bond donors (Lipinski definition) is 0. The van der Waals surface area contributed by atoms with Crippen LogP contribution in [-0.2, 0) is 16.0 Å². The van der Waals surface area contributed by atoms with Gasteiger partial charge in [-0.25, -0.2) is 0 Å². The number of benzene rings is 1. The summed E-state index contributed by atoms with van der Waals surface area (Å²) in [5.41, 5.74) is 1.96. The van der Waals surface area contributed by atoms with E-state index < -0.39 is 0 Å². The normalized spacial score (nSPS) is 10.8. The van der Waals surface area contributed by atoms with Crippen LogP contribution in [0.2, 0.25) is 5.02 Å². The predicted octanol–water partition coefficient (Wildman–Crippen LogP) is 3.19. The first-order valence-corrected chi connectivity index (χ1v) is 5.75. The van der Waals surface area contributed by atoms with Crippen molar-refractivity contribution in [3.63, 3.8) is 0 Å². The quantitative estimate of drug-likeness (QED) is 0.790. The number of hydrogen-bond acceptors (Lipinski definition) is 2. The SMILES string of the molecule is Cc1ccc(CC(=O)COC(C)C)c(Cl)c1. The smallest absolute Gasteiger partial charge is 0.162 e. The van der Waals surface area contributed by atoms with Gasteiger partial charge in [-0.1, -0.05) is 23.7 Å². The second kappa shape index (κ2) is 6.02. The third-order valence-corrected chi connectivity index (χ3v) is 2.53. The average molecular weight is 241 g/mol. The second-order valence-corrected chi connectivity index (χ2v) is 4.58. The molecule has 2 nitrogen and oxygen atoms in total. The van der Waals surface area contributed by atoms with E-state index in [1.54, 1.807) is 0 Å². The van der Waals surface area contributed by atoms with Gasteiger partial charge in [0.25, 0.3) is 0 Å². The Morgan fingerprint density at radius 2 is 2.12 bits per heavy atom. The fourth-order valence-electron chi connectivity index (χ4n) is 1.32. The Labute approximate surface area is 102 Å². The van der Waals surface area contributed by atoms with Crippen molar-refractivity contribution >= 4 is 17.4 Å². The van der Waals surface area contributed by atoms with Gasteiger partial charge in [0.05, 0.1) is 6.10 Å². The Kier molecular flexibility index (Phi) is 4.97. The molecule has 0 aliphatic heterocycles. The molecule has 0 aliphatic carbocycles. The number of carbonyl (C=O) groups is 1. The van der Waals surface area contributed by atoms with Crippen LogP contribution in [0.25, 0.3) is 0 Å². The lowest BCUT2D eigenvalue weighted by Crippen LogP contribution is -2.15. The van der Waals surface area contributed by atoms with Crippen molar-refractivity contribution in [3.8, 4) is 0 Å². The molecule has 0 fully saturated rings. The van der Waals surface area contributed by atoms with E-state index in [1.807, 2.05) is 39.0 Å². The molecule has 0 N–H and O–H groups in total. The van der Waals surface area contributed by atoms with Crippen molar-refractivity contribution in [2.24, 2.45) is 0 Å². The monoisotopic (exact) mass is 240 g/mol. The van der Waals surface area contributed by atoms with Gasteiger partial charge in [0.15, 0.2) is 5.78 Å². The third-order valence-electron chi connectivity index (χ3n) is 2.17. The van der Waals surface area contributed by atoms with Crippen LogP contribution in [0.3, 0.4) is 0 Å². The molecule has 0 spiro atoms. The minimum absolute atomic E-state index is 0.0550. The molecule has 0 heterocycles. The van der Waals surface area contributed by atoms with Crippen LogP contribution in [0.1, 0.15) is 25.0 Å². The van der Waals surface area contributed by atoms with Crippen LogP contribution in [-0.4, -0.2) is 18.5 Å². The topological polar surface area (TPSA) is 26.3 Å². The van der Waals surface area contributed by atoms with Crippen LogP contribution in [0.4, 0.5) is 0 Å². The lowest BCUT2D eigenvalue weighted by molar-refractivity contribution is -0.124. The Balaban J connectivity index is 2.56. The zero-order valence-corrected chi connectivity index (χ0v) is 10.7. The van der Waals surface area contributed by atoms with Gasteiger partial charge in [-0.15, -0.1) is 0 Å². The molecule has 0 radical (unpaired) electrons. The molecule has 0 unspecified atom stereocenters. The number of ether oxygens (including phenoxy) is 1. The Hall–Kier alpha value is -0.860. The molecule has 0 aliphatic rings. The van der Waals surface area contributed by atoms with E-state index >= 15 is 0 Å². The summed E-state index contributed by atoms with van der Waals surface area (Å²) >= 11 is 6.04. The molecule has 0 bridgehead atoms. The van der Waals surface area contributed by atoms with Crippen molar-refractivity contribution in [3.05, 3.63) is 34.3 Å². The van der Waals surface area contributed by atoms with E-state index in [4.69, 9.17) is 16.3 Å². The average Bonchev–Trinajstić information content (AvgIpc) is 2.19. The zero-order valence-electron chi connectivity index (χ0n) is 9.92. The molecule has 1 rings (SSSR count). The lowest BCUT2D eigenvalue weighted by atomic mass is 10.1. The molecule has 1 aromatic carbocycles. The molecule has 1 aromatic rings. The van der Waals surface area contributed by atoms with Gasteiger partial charge in [0.2, 0.25) is 0 Å². The van der Waals surface area contributed by atoms with Gasteiger partial charge in [-0.3, -0.25) is 4.79 Å². The van der Waals surface area contributed by atoms with Crippen LogP contribution < -0.4 is 0 Å². The third kappa shape index (κ3) is 4.33. The fourth-order valence-corrected chi connectivity index (χ4v) is 1.62. The van der Waals surface area contributed by atoms with E-state index in [9.17, 15) is 4.79 Å². The minimum atomic E-state index is 0.0550. The highest BCUT2D eigenvalue weighted by Crippen LogP contribution is 2.18. The summed E-state index contributed by atoms with van der Waals surface area (Å²) in [7, 11) is 0. The van der Waals surface area contributed by atoms with E-state index in [0.717, 1.165) is 11.1 Å². The highest BCUT2D eigenvalue weighted by Gasteiger charge is 2.08. The van der Waals surface area contributed by atoms with Gasteiger partial charge >= 0.3 is 0 Å². The van der Waals surface area contributed by atoms with E-state index in [1.165, 1.54) is 0 Å². The van der Waals surface area contributed by atoms with Crippen molar-refractivity contribution in [2.75, 3.05) is 6.61 Å². The molecular weight excluding hydrogens is 224 g/mol. The molecule has 0 saturated heterocycles. The molecule has 0 aromatic heterocycles. The van der Waals surface area contributed by atoms with Crippen LogP contribution in [0, 0.1) is 6.92 Å². The molecular formula is C13H17ClO2. The first kappa shape index (κ1) is 13.2. The standard InChI is InChI=1S/C13H17ClO2/c1-9(2)16-8-12(15)7-11-5-4-10(3)6-13(11)14/h4-6,9H,7-8H2,1-3H3. The Morgan fingerprint density at radius 3 is 2.69 bits per heavy atom. The predicted molar refractivity (Wildman–Crippen MR) is 66.0 cm³/mol. The van der Waals surface area contributed by atoms with E-state index in [2.05, 4.69) is 0 Å². The van der Waals surface area contributed by atoms with Crippen LogP contribution in [0.15, 0.2) is 18.2 Å². The highest BCUT2D eigenvalue weighted by atomic mass is 35.5. The summed E-state index contributed by atoms with van der Waals surface area (Å²) in [6.07, 6.45) is 0.420. The van der Waals surface area contributed by atoms with E-state index in [-0.39, 0.29) is 18.5 Å². The van der Waals surface area contributed by atoms with Crippen molar-refractivity contribution in [1.82, 2.24) is 0 Å². The summed E-state index contributed by atoms with van der Waals surface area (Å²) in [6, 6.07) is 5.72. The number of Topliss-reactive ketones (excluding diaryl/α,β-unsaturated/α-hetero) is 1. The summed E-state index contributed by atoms with van der Waals surface area (Å²) in [6.45, 7) is 5.94. The number of carbonyl (C=O) groups excluding carboxylic acids is 1. The molecule has 16 heavy (non-hydrogen) atoms. The second-order valence-electron chi connectivity index (χ2n) is 4.17. The molecule has 0 atom stereocenters. The largest absolute Gasteiger partial charge is 0.371 e. The molecule has 0 amide bonds. The Morgan fingerprint density at radius 1 is 1.44 bits per heavy atom. The van der Waals surface area contributed by atoms with Crippen molar-refractivity contribution < 1.29 is 9.53 Å². The lowest BCUT2D eigenvalue weighted by Gasteiger charge is -2.07. The number of aryl methyl sites for hydroxylation is 1. The van der Waals surface area contributed by atoms with Gasteiger partial charge in [0.1, 0.15) is 6.61 Å². The van der Waals surface area contributed by atoms with Gasteiger partial charge in [-0.05, 0) is 38.0 Å². The van der Waals surface area contributed by atoms with Crippen LogP contribution >= 0.6 is 11.6 Å². The fraction of sp³-hybridized carbons (Fsp3) is 0.462. The number of ketones is 1. The first-order chi connectivity index (χ1) is 7.49. The maximum absolute atomic E-state index is 11.6. The van der Waals surface area contributed by atoms with Gasteiger partial charge in [0, 0.05) is 11.4 Å². The summed E-state index contributed by atoms with van der Waals surface area (Å²) < 4.78 is 5.25. The Bertz CT molecular complexity index is 372. The summed E-state index contributed by atoms with van der Waals surface area (Å²) in [5.74, 6) is 0.0550. The van der Waals surface area contributed by atoms with Gasteiger partial charge in [-0.2, -0.15) is 0 Å². The van der Waals surface area contributed by atoms with E-state index in [0.29, 0.717) is 11.4 Å². The maximum Gasteiger partial charge on any atom is 0.162 e.